The Balaban J connectivity index is 2.22. The molecule has 19 heavy (non-hydrogen) atoms. The largest absolute Gasteiger partial charge is 0.507 e. The minimum absolute atomic E-state index is 0.111. The van der Waals surface area contributed by atoms with Crippen LogP contribution in [0.1, 0.15) is 55.8 Å². The van der Waals surface area contributed by atoms with Crippen molar-refractivity contribution >= 4 is 28.5 Å². The molecule has 0 bridgehead atoms. The average Bonchev–Trinajstić information content (AvgIpc) is 2.40. The smallest absolute Gasteiger partial charge is 0.251 e. The molecule has 0 saturated carbocycles. The van der Waals surface area contributed by atoms with Crippen LogP contribution in [-0.4, -0.2) is 17.6 Å². The lowest BCUT2D eigenvalue weighted by molar-refractivity contribution is 0.0952. The fraction of sp³-hybridized carbons (Fsp3) is 0.533. The minimum Gasteiger partial charge on any atom is -0.507 e. The molecule has 1 amide bonds. The maximum Gasteiger partial charge on any atom is 0.251 e. The first kappa shape index (κ1) is 16.3. The number of carbonyl (C=O) groups excluding carboxylic acids is 1. The topological polar surface area (TPSA) is 49.3 Å². The van der Waals surface area contributed by atoms with Gasteiger partial charge in [0.05, 0.1) is 3.57 Å². The van der Waals surface area contributed by atoms with Crippen molar-refractivity contribution in [2.75, 3.05) is 6.54 Å². The Labute approximate surface area is 128 Å². The Hall–Kier alpha value is -0.780. The fourth-order valence-electron chi connectivity index (χ4n) is 1.86. The number of amides is 1. The third kappa shape index (κ3) is 6.27. The van der Waals surface area contributed by atoms with Crippen molar-refractivity contribution in [3.05, 3.63) is 27.3 Å². The molecule has 0 aromatic heterocycles. The van der Waals surface area contributed by atoms with E-state index in [0.29, 0.717) is 12.1 Å². The molecule has 1 aromatic rings. The van der Waals surface area contributed by atoms with Crippen molar-refractivity contribution in [3.63, 3.8) is 0 Å². The number of benzene rings is 1. The van der Waals surface area contributed by atoms with Crippen molar-refractivity contribution in [2.45, 2.75) is 45.4 Å². The van der Waals surface area contributed by atoms with E-state index in [1.165, 1.54) is 31.7 Å². The quantitative estimate of drug-likeness (QED) is 0.531. The van der Waals surface area contributed by atoms with Crippen molar-refractivity contribution in [2.24, 2.45) is 0 Å². The molecule has 0 aliphatic heterocycles. The van der Waals surface area contributed by atoms with Crippen LogP contribution in [0, 0.1) is 3.57 Å². The molecular weight excluding hydrogens is 353 g/mol. The molecule has 0 unspecified atom stereocenters. The number of phenols is 1. The van der Waals surface area contributed by atoms with Crippen molar-refractivity contribution < 1.29 is 9.90 Å². The van der Waals surface area contributed by atoms with Crippen LogP contribution < -0.4 is 5.32 Å². The van der Waals surface area contributed by atoms with Crippen molar-refractivity contribution in [1.29, 1.82) is 0 Å². The Kier molecular flexibility index (Phi) is 7.86. The van der Waals surface area contributed by atoms with E-state index in [9.17, 15) is 9.90 Å². The molecule has 0 saturated heterocycles. The highest BCUT2D eigenvalue weighted by atomic mass is 127. The zero-order valence-electron chi connectivity index (χ0n) is 11.4. The van der Waals surface area contributed by atoms with Gasteiger partial charge in [-0.1, -0.05) is 39.0 Å². The van der Waals surface area contributed by atoms with Gasteiger partial charge in [0.2, 0.25) is 0 Å². The predicted molar refractivity (Wildman–Crippen MR) is 86.5 cm³/mol. The van der Waals surface area contributed by atoms with Gasteiger partial charge in [-0.3, -0.25) is 4.79 Å². The monoisotopic (exact) mass is 375 g/mol. The second-order valence-corrected chi connectivity index (χ2v) is 5.85. The Morgan fingerprint density at radius 1 is 1.21 bits per heavy atom. The first-order chi connectivity index (χ1) is 9.15. The maximum absolute atomic E-state index is 11.8. The van der Waals surface area contributed by atoms with Gasteiger partial charge in [-0.25, -0.2) is 0 Å². The summed E-state index contributed by atoms with van der Waals surface area (Å²) in [4.78, 5) is 11.8. The molecule has 0 spiro atoms. The number of unbranched alkanes of at least 4 members (excludes halogenated alkanes) is 5. The van der Waals surface area contributed by atoms with Gasteiger partial charge in [-0.05, 0) is 47.2 Å². The highest BCUT2D eigenvalue weighted by molar-refractivity contribution is 14.1. The lowest BCUT2D eigenvalue weighted by atomic mass is 10.1. The minimum atomic E-state index is -0.111. The normalized spacial score (nSPS) is 10.4. The first-order valence-electron chi connectivity index (χ1n) is 6.92. The number of hydrogen-bond acceptors (Lipinski definition) is 2. The van der Waals surface area contributed by atoms with E-state index in [-0.39, 0.29) is 11.7 Å². The summed E-state index contributed by atoms with van der Waals surface area (Å²) in [5.41, 5.74) is 0.517. The zero-order valence-corrected chi connectivity index (χ0v) is 13.6. The van der Waals surface area contributed by atoms with Crippen LogP contribution >= 0.6 is 22.6 Å². The van der Waals surface area contributed by atoms with Crippen LogP contribution in [0.4, 0.5) is 0 Å². The highest BCUT2D eigenvalue weighted by Crippen LogP contribution is 2.20. The summed E-state index contributed by atoms with van der Waals surface area (Å²) < 4.78 is 0.755. The summed E-state index contributed by atoms with van der Waals surface area (Å²) in [6.45, 7) is 2.91. The van der Waals surface area contributed by atoms with E-state index < -0.39 is 0 Å². The molecular formula is C15H22INO2. The third-order valence-electron chi connectivity index (χ3n) is 3.02. The summed E-state index contributed by atoms with van der Waals surface area (Å²) >= 11 is 2.03. The number of phenolic OH excluding ortho intramolecular Hbond substituents is 1. The van der Waals surface area contributed by atoms with Crippen molar-refractivity contribution in [1.82, 2.24) is 5.32 Å². The van der Waals surface area contributed by atoms with Gasteiger partial charge in [-0.15, -0.1) is 0 Å². The van der Waals surface area contributed by atoms with Gasteiger partial charge in [0, 0.05) is 12.1 Å². The lowest BCUT2D eigenvalue weighted by Gasteiger charge is -2.06. The molecule has 1 rings (SSSR count). The summed E-state index contributed by atoms with van der Waals surface area (Å²) in [7, 11) is 0. The van der Waals surface area contributed by atoms with E-state index in [2.05, 4.69) is 12.2 Å². The fourth-order valence-corrected chi connectivity index (χ4v) is 2.20. The van der Waals surface area contributed by atoms with Crippen LogP contribution in [0.25, 0.3) is 0 Å². The number of nitrogens with one attached hydrogen (secondary N) is 1. The molecule has 1 aromatic carbocycles. The second-order valence-electron chi connectivity index (χ2n) is 4.69. The van der Waals surface area contributed by atoms with Crippen LogP contribution in [0.5, 0.6) is 5.75 Å². The van der Waals surface area contributed by atoms with Gasteiger partial charge in [0.1, 0.15) is 5.75 Å². The SMILES string of the molecule is CCCCCCCCNC(=O)c1ccc(I)c(O)c1. The molecule has 4 heteroatoms. The Morgan fingerprint density at radius 2 is 1.89 bits per heavy atom. The van der Waals surface area contributed by atoms with Crippen molar-refractivity contribution in [3.8, 4) is 5.75 Å². The number of halogens is 1. The molecule has 0 radical (unpaired) electrons. The molecule has 0 heterocycles. The van der Waals surface area contributed by atoms with E-state index in [0.717, 1.165) is 16.4 Å². The van der Waals surface area contributed by atoms with E-state index in [4.69, 9.17) is 0 Å². The van der Waals surface area contributed by atoms with Crippen LogP contribution in [0.15, 0.2) is 18.2 Å². The van der Waals surface area contributed by atoms with E-state index >= 15 is 0 Å². The average molecular weight is 375 g/mol. The number of aromatic hydroxyl groups is 1. The van der Waals surface area contributed by atoms with Crippen LogP contribution in [0.2, 0.25) is 0 Å². The summed E-state index contributed by atoms with van der Waals surface area (Å²) in [5.74, 6) is 0.0491. The third-order valence-corrected chi connectivity index (χ3v) is 3.94. The molecule has 0 atom stereocenters. The van der Waals surface area contributed by atoms with Gasteiger partial charge in [0.25, 0.3) is 5.91 Å². The molecule has 0 aliphatic carbocycles. The van der Waals surface area contributed by atoms with Gasteiger partial charge < -0.3 is 10.4 Å². The standard InChI is InChI=1S/C15H22INO2/c1-2-3-4-5-6-7-10-17-15(19)12-8-9-13(16)14(18)11-12/h8-9,11,18H,2-7,10H2,1H3,(H,17,19). The van der Waals surface area contributed by atoms with Crippen LogP contribution in [-0.2, 0) is 0 Å². The molecule has 106 valence electrons. The summed E-state index contributed by atoms with van der Waals surface area (Å²) in [6.07, 6.45) is 7.27. The number of carbonyl (C=O) groups is 1. The second kappa shape index (κ2) is 9.18. The Morgan fingerprint density at radius 3 is 2.58 bits per heavy atom. The van der Waals surface area contributed by atoms with Gasteiger partial charge >= 0.3 is 0 Å². The lowest BCUT2D eigenvalue weighted by Crippen LogP contribution is -2.24. The van der Waals surface area contributed by atoms with E-state index in [1.54, 1.807) is 12.1 Å². The summed E-state index contributed by atoms with van der Waals surface area (Å²) in [6, 6.07) is 4.99. The zero-order chi connectivity index (χ0) is 14.1. The molecule has 3 nitrogen and oxygen atoms in total. The van der Waals surface area contributed by atoms with Gasteiger partial charge in [-0.2, -0.15) is 0 Å². The number of rotatable bonds is 8. The van der Waals surface area contributed by atoms with Gasteiger partial charge in [0.15, 0.2) is 0 Å². The maximum atomic E-state index is 11.8. The highest BCUT2D eigenvalue weighted by Gasteiger charge is 2.07. The predicted octanol–water partition coefficient (Wildman–Crippen LogP) is 4.09. The van der Waals surface area contributed by atoms with Crippen LogP contribution in [0.3, 0.4) is 0 Å². The van der Waals surface area contributed by atoms with E-state index in [1.807, 2.05) is 22.6 Å². The molecule has 2 N–H and O–H groups in total. The molecule has 0 aliphatic rings. The number of hydrogen-bond donors (Lipinski definition) is 2. The molecule has 0 fully saturated rings. The first-order valence-corrected chi connectivity index (χ1v) is 7.99. The summed E-state index contributed by atoms with van der Waals surface area (Å²) in [5, 5.41) is 12.4. The Bertz CT molecular complexity index is 407.